The standard InChI is InChI=1S/C15H20FN5/c1-3-20(4-2)15(17)19-10-12-5-6-14(13(16)9-12)21-8-7-18-11-21/h5-9,11H,3-4,10H2,1-2H3,(H2,17,19). The van der Waals surface area contributed by atoms with E-state index in [0.29, 0.717) is 18.2 Å². The number of guanidine groups is 1. The van der Waals surface area contributed by atoms with Crippen LogP contribution >= 0.6 is 0 Å². The molecule has 0 atom stereocenters. The Morgan fingerprint density at radius 1 is 1.38 bits per heavy atom. The van der Waals surface area contributed by atoms with E-state index in [9.17, 15) is 4.39 Å². The van der Waals surface area contributed by atoms with Crippen molar-refractivity contribution < 1.29 is 4.39 Å². The van der Waals surface area contributed by atoms with Crippen LogP contribution in [0.15, 0.2) is 41.9 Å². The fourth-order valence-electron chi connectivity index (χ4n) is 2.08. The summed E-state index contributed by atoms with van der Waals surface area (Å²) in [5.74, 6) is 0.182. The molecule has 0 bridgehead atoms. The summed E-state index contributed by atoms with van der Waals surface area (Å²) < 4.78 is 15.7. The van der Waals surface area contributed by atoms with Crippen LogP contribution in [0.1, 0.15) is 19.4 Å². The maximum atomic E-state index is 14.1. The highest BCUT2D eigenvalue weighted by Crippen LogP contribution is 2.15. The third kappa shape index (κ3) is 3.59. The topological polar surface area (TPSA) is 59.4 Å². The predicted molar refractivity (Wildman–Crippen MR) is 81.8 cm³/mol. The molecule has 1 aromatic heterocycles. The van der Waals surface area contributed by atoms with E-state index < -0.39 is 0 Å². The summed E-state index contributed by atoms with van der Waals surface area (Å²) >= 11 is 0. The van der Waals surface area contributed by atoms with Crippen LogP contribution in [0.25, 0.3) is 5.69 Å². The molecule has 0 amide bonds. The lowest BCUT2D eigenvalue weighted by Crippen LogP contribution is -2.37. The van der Waals surface area contributed by atoms with Gasteiger partial charge >= 0.3 is 0 Å². The molecule has 0 aliphatic heterocycles. The van der Waals surface area contributed by atoms with E-state index >= 15 is 0 Å². The quantitative estimate of drug-likeness (QED) is 0.678. The first-order chi connectivity index (χ1) is 10.2. The van der Waals surface area contributed by atoms with Gasteiger partial charge in [-0.05, 0) is 31.5 Å². The van der Waals surface area contributed by atoms with Gasteiger partial charge in [0.05, 0.1) is 18.6 Å². The van der Waals surface area contributed by atoms with E-state index in [0.717, 1.165) is 18.7 Å². The average Bonchev–Trinajstić information content (AvgIpc) is 3.00. The van der Waals surface area contributed by atoms with Gasteiger partial charge in [-0.25, -0.2) is 14.4 Å². The van der Waals surface area contributed by atoms with Crippen LogP contribution in [-0.4, -0.2) is 33.5 Å². The number of rotatable bonds is 5. The molecule has 6 heteroatoms. The maximum Gasteiger partial charge on any atom is 0.191 e. The Bertz CT molecular complexity index is 603. The lowest BCUT2D eigenvalue weighted by atomic mass is 10.2. The first-order valence-corrected chi connectivity index (χ1v) is 6.97. The summed E-state index contributed by atoms with van der Waals surface area (Å²) in [6, 6.07) is 5.04. The van der Waals surface area contributed by atoms with Crippen LogP contribution in [0.4, 0.5) is 4.39 Å². The molecule has 2 rings (SSSR count). The van der Waals surface area contributed by atoms with Gasteiger partial charge in [-0.3, -0.25) is 0 Å². The maximum absolute atomic E-state index is 14.1. The Morgan fingerprint density at radius 2 is 2.14 bits per heavy atom. The van der Waals surface area contributed by atoms with Crippen molar-refractivity contribution in [2.45, 2.75) is 20.4 Å². The third-order valence-electron chi connectivity index (χ3n) is 3.31. The molecule has 0 aliphatic rings. The number of nitrogens with two attached hydrogens (primary N) is 1. The minimum atomic E-state index is -0.304. The van der Waals surface area contributed by atoms with Crippen molar-refractivity contribution >= 4 is 5.96 Å². The molecule has 0 saturated carbocycles. The largest absolute Gasteiger partial charge is 0.370 e. The van der Waals surface area contributed by atoms with Crippen molar-refractivity contribution in [1.82, 2.24) is 14.5 Å². The Kier molecular flexibility index (Phi) is 4.92. The molecule has 5 nitrogen and oxygen atoms in total. The Labute approximate surface area is 123 Å². The monoisotopic (exact) mass is 289 g/mol. The number of nitrogens with zero attached hydrogens (tertiary/aromatic N) is 4. The summed E-state index contributed by atoms with van der Waals surface area (Å²) in [6.07, 6.45) is 4.88. The fourth-order valence-corrected chi connectivity index (χ4v) is 2.08. The highest BCUT2D eigenvalue weighted by Gasteiger charge is 2.06. The highest BCUT2D eigenvalue weighted by molar-refractivity contribution is 5.78. The van der Waals surface area contributed by atoms with Crippen molar-refractivity contribution in [2.24, 2.45) is 10.7 Å². The number of aromatic nitrogens is 2. The molecule has 0 spiro atoms. The van der Waals surface area contributed by atoms with Gasteiger partial charge in [-0.15, -0.1) is 0 Å². The summed E-state index contributed by atoms with van der Waals surface area (Å²) in [6.45, 7) is 6.01. The van der Waals surface area contributed by atoms with Gasteiger partial charge in [0, 0.05) is 25.5 Å². The molecular weight excluding hydrogens is 269 g/mol. The molecule has 2 N–H and O–H groups in total. The molecule has 0 radical (unpaired) electrons. The number of aliphatic imine (C=N–C) groups is 1. The highest BCUT2D eigenvalue weighted by atomic mass is 19.1. The lowest BCUT2D eigenvalue weighted by Gasteiger charge is -2.19. The first-order valence-electron chi connectivity index (χ1n) is 6.97. The van der Waals surface area contributed by atoms with Crippen LogP contribution < -0.4 is 5.73 Å². The second-order valence-corrected chi connectivity index (χ2v) is 4.60. The van der Waals surface area contributed by atoms with Crippen LogP contribution in [0.3, 0.4) is 0 Å². The van der Waals surface area contributed by atoms with Gasteiger partial charge in [0.25, 0.3) is 0 Å². The molecule has 21 heavy (non-hydrogen) atoms. The van der Waals surface area contributed by atoms with Gasteiger partial charge in [-0.1, -0.05) is 6.07 Å². The minimum absolute atomic E-state index is 0.304. The van der Waals surface area contributed by atoms with Crippen molar-refractivity contribution in [1.29, 1.82) is 0 Å². The lowest BCUT2D eigenvalue weighted by molar-refractivity contribution is 0.458. The number of benzene rings is 1. The number of hydrogen-bond donors (Lipinski definition) is 1. The predicted octanol–water partition coefficient (Wildman–Crippen LogP) is 2.17. The summed E-state index contributed by atoms with van der Waals surface area (Å²) in [5.41, 5.74) is 7.15. The van der Waals surface area contributed by atoms with E-state index in [1.54, 1.807) is 29.4 Å². The number of hydrogen-bond acceptors (Lipinski definition) is 2. The SMILES string of the molecule is CCN(CC)C(N)=NCc1ccc(-n2ccnc2)c(F)c1. The second kappa shape index (κ2) is 6.88. The van der Waals surface area contributed by atoms with Crippen LogP contribution in [0, 0.1) is 5.82 Å². The van der Waals surface area contributed by atoms with E-state index in [1.165, 1.54) is 6.07 Å². The van der Waals surface area contributed by atoms with Gasteiger partial charge in [-0.2, -0.15) is 0 Å². The second-order valence-electron chi connectivity index (χ2n) is 4.60. The number of halogens is 1. The van der Waals surface area contributed by atoms with Crippen molar-refractivity contribution in [3.05, 3.63) is 48.3 Å². The van der Waals surface area contributed by atoms with Crippen LogP contribution in [0.5, 0.6) is 0 Å². The first kappa shape index (κ1) is 15.0. The van der Waals surface area contributed by atoms with Gasteiger partial charge < -0.3 is 15.2 Å². The fraction of sp³-hybridized carbons (Fsp3) is 0.333. The molecule has 2 aromatic rings. The molecular formula is C15H20FN5. The summed E-state index contributed by atoms with van der Waals surface area (Å²) in [4.78, 5) is 10.2. The molecule has 0 aliphatic carbocycles. The zero-order valence-corrected chi connectivity index (χ0v) is 12.3. The van der Waals surface area contributed by atoms with Gasteiger partial charge in [0.1, 0.15) is 5.82 Å². The molecule has 0 saturated heterocycles. The van der Waals surface area contributed by atoms with E-state index in [1.807, 2.05) is 24.8 Å². The molecule has 0 fully saturated rings. The van der Waals surface area contributed by atoms with Crippen LogP contribution in [-0.2, 0) is 6.54 Å². The summed E-state index contributed by atoms with van der Waals surface area (Å²) in [5, 5.41) is 0. The Morgan fingerprint density at radius 3 is 2.71 bits per heavy atom. The Balaban J connectivity index is 2.12. The zero-order chi connectivity index (χ0) is 15.2. The van der Waals surface area contributed by atoms with E-state index in [2.05, 4.69) is 9.98 Å². The van der Waals surface area contributed by atoms with Crippen molar-refractivity contribution in [3.8, 4) is 5.69 Å². The molecule has 112 valence electrons. The summed E-state index contributed by atoms with van der Waals surface area (Å²) in [7, 11) is 0. The Hall–Kier alpha value is -2.37. The third-order valence-corrected chi connectivity index (χ3v) is 3.31. The molecule has 1 heterocycles. The van der Waals surface area contributed by atoms with Crippen LogP contribution in [0.2, 0.25) is 0 Å². The molecule has 0 unspecified atom stereocenters. The van der Waals surface area contributed by atoms with E-state index in [-0.39, 0.29) is 5.82 Å². The van der Waals surface area contributed by atoms with Gasteiger partial charge in [0.2, 0.25) is 0 Å². The van der Waals surface area contributed by atoms with Crippen molar-refractivity contribution in [3.63, 3.8) is 0 Å². The normalized spacial score (nSPS) is 11.7. The number of imidazole rings is 1. The average molecular weight is 289 g/mol. The zero-order valence-electron chi connectivity index (χ0n) is 12.3. The minimum Gasteiger partial charge on any atom is -0.370 e. The smallest absolute Gasteiger partial charge is 0.191 e. The van der Waals surface area contributed by atoms with Gasteiger partial charge in [0.15, 0.2) is 5.96 Å². The van der Waals surface area contributed by atoms with E-state index in [4.69, 9.17) is 5.73 Å². The van der Waals surface area contributed by atoms with Crippen molar-refractivity contribution in [2.75, 3.05) is 13.1 Å². The molecule has 1 aromatic carbocycles.